The molecule has 18 heavy (non-hydrogen) atoms. The highest BCUT2D eigenvalue weighted by Crippen LogP contribution is 2.28. The van der Waals surface area contributed by atoms with Crippen molar-refractivity contribution < 1.29 is 8.42 Å². The van der Waals surface area contributed by atoms with Gasteiger partial charge < -0.3 is 0 Å². The van der Waals surface area contributed by atoms with Crippen LogP contribution in [0.15, 0.2) is 23.4 Å². The topological polar surface area (TPSA) is 87.7 Å². The van der Waals surface area contributed by atoms with Gasteiger partial charge in [0.05, 0.1) is 11.9 Å². The molecule has 0 spiro atoms. The van der Waals surface area contributed by atoms with Gasteiger partial charge in [-0.3, -0.25) is 9.82 Å². The average molecular weight is 307 g/mol. The maximum absolute atomic E-state index is 12.0. The van der Waals surface area contributed by atoms with E-state index in [1.807, 2.05) is 0 Å². The normalized spacial score (nSPS) is 11.5. The standard InChI is InChI=1S/C9H8Cl2N4O2S/c1-5-4-6(10)13-9(11)8(5)15-18(16,17)7-2-3-12-14-7/h2-4,15H,1H3,(H,12,14). The Labute approximate surface area is 113 Å². The molecule has 0 atom stereocenters. The minimum Gasteiger partial charge on any atom is -0.275 e. The van der Waals surface area contributed by atoms with Gasteiger partial charge in [0, 0.05) is 0 Å². The number of nitrogens with zero attached hydrogens (tertiary/aromatic N) is 2. The Kier molecular flexibility index (Phi) is 3.47. The van der Waals surface area contributed by atoms with Gasteiger partial charge in [0.15, 0.2) is 10.2 Å². The van der Waals surface area contributed by atoms with Crippen LogP contribution in [-0.4, -0.2) is 23.6 Å². The highest BCUT2D eigenvalue weighted by atomic mass is 35.5. The molecule has 0 fully saturated rings. The molecule has 0 aliphatic rings. The number of aromatic amines is 1. The first-order valence-corrected chi connectivity index (χ1v) is 6.99. The van der Waals surface area contributed by atoms with Gasteiger partial charge in [0.25, 0.3) is 10.0 Å². The summed E-state index contributed by atoms with van der Waals surface area (Å²) in [4.78, 5) is 3.78. The smallest absolute Gasteiger partial charge is 0.275 e. The van der Waals surface area contributed by atoms with E-state index in [1.165, 1.54) is 18.3 Å². The number of rotatable bonds is 3. The number of hydrogen-bond donors (Lipinski definition) is 2. The van der Waals surface area contributed by atoms with E-state index in [1.54, 1.807) is 6.92 Å². The third-order valence-corrected chi connectivity index (χ3v) is 3.89. The minimum atomic E-state index is -3.76. The van der Waals surface area contributed by atoms with Crippen molar-refractivity contribution in [2.24, 2.45) is 0 Å². The molecule has 0 amide bonds. The van der Waals surface area contributed by atoms with Crippen molar-refractivity contribution >= 4 is 38.9 Å². The molecule has 0 radical (unpaired) electrons. The monoisotopic (exact) mass is 306 g/mol. The summed E-state index contributed by atoms with van der Waals surface area (Å²) in [6.45, 7) is 1.67. The lowest BCUT2D eigenvalue weighted by Crippen LogP contribution is -2.15. The summed E-state index contributed by atoms with van der Waals surface area (Å²) in [5.41, 5.74) is 0.763. The number of aromatic nitrogens is 3. The molecular formula is C9H8Cl2N4O2S. The van der Waals surface area contributed by atoms with Crippen LogP contribution in [0.2, 0.25) is 10.3 Å². The van der Waals surface area contributed by atoms with Crippen molar-refractivity contribution in [2.75, 3.05) is 4.72 Å². The first kappa shape index (κ1) is 13.1. The van der Waals surface area contributed by atoms with Crippen LogP contribution in [0.3, 0.4) is 0 Å². The Morgan fingerprint density at radius 1 is 1.39 bits per heavy atom. The van der Waals surface area contributed by atoms with E-state index in [9.17, 15) is 8.42 Å². The largest absolute Gasteiger partial charge is 0.278 e. The number of aryl methyl sites for hydroxylation is 1. The molecule has 2 aromatic heterocycles. The molecule has 0 saturated carbocycles. The Bertz CT molecular complexity index is 647. The number of hydrogen-bond acceptors (Lipinski definition) is 4. The second kappa shape index (κ2) is 4.75. The van der Waals surface area contributed by atoms with Gasteiger partial charge in [-0.25, -0.2) is 4.98 Å². The van der Waals surface area contributed by atoms with Crippen LogP contribution in [-0.2, 0) is 10.0 Å². The summed E-state index contributed by atoms with van der Waals surface area (Å²) in [5, 5.41) is 6.06. The Hall–Kier alpha value is -1.31. The highest BCUT2D eigenvalue weighted by molar-refractivity contribution is 7.92. The number of nitrogens with one attached hydrogen (secondary N) is 2. The molecule has 0 bridgehead atoms. The van der Waals surface area contributed by atoms with Crippen molar-refractivity contribution in [1.82, 2.24) is 15.2 Å². The van der Waals surface area contributed by atoms with E-state index < -0.39 is 10.0 Å². The maximum Gasteiger partial charge on any atom is 0.278 e. The van der Waals surface area contributed by atoms with Crippen molar-refractivity contribution in [3.63, 3.8) is 0 Å². The lowest BCUT2D eigenvalue weighted by molar-refractivity contribution is 0.597. The van der Waals surface area contributed by atoms with Crippen molar-refractivity contribution in [1.29, 1.82) is 0 Å². The Balaban J connectivity index is 2.42. The maximum atomic E-state index is 12.0. The zero-order chi connectivity index (χ0) is 13.3. The first-order chi connectivity index (χ1) is 8.40. The van der Waals surface area contributed by atoms with Crippen LogP contribution >= 0.6 is 23.2 Å². The van der Waals surface area contributed by atoms with Crippen LogP contribution in [0.5, 0.6) is 0 Å². The quantitative estimate of drug-likeness (QED) is 0.851. The SMILES string of the molecule is Cc1cc(Cl)nc(Cl)c1NS(=O)(=O)c1ccn[nH]1. The van der Waals surface area contributed by atoms with Crippen molar-refractivity contribution in [2.45, 2.75) is 11.9 Å². The first-order valence-electron chi connectivity index (χ1n) is 4.75. The summed E-state index contributed by atoms with van der Waals surface area (Å²) in [7, 11) is -3.76. The second-order valence-electron chi connectivity index (χ2n) is 3.45. The van der Waals surface area contributed by atoms with Crippen molar-refractivity contribution in [3.05, 3.63) is 34.2 Å². The molecular weight excluding hydrogens is 299 g/mol. The molecule has 6 nitrogen and oxygen atoms in total. The Morgan fingerprint density at radius 3 is 2.67 bits per heavy atom. The lowest BCUT2D eigenvalue weighted by Gasteiger charge is -2.10. The summed E-state index contributed by atoms with van der Waals surface area (Å²) in [6.07, 6.45) is 1.34. The number of halogens is 2. The number of anilines is 1. The van der Waals surface area contributed by atoms with Crippen LogP contribution in [0.1, 0.15) is 5.56 Å². The van der Waals surface area contributed by atoms with Gasteiger partial charge in [-0.05, 0) is 24.6 Å². The predicted molar refractivity (Wildman–Crippen MR) is 68.4 cm³/mol. The summed E-state index contributed by atoms with van der Waals surface area (Å²) in [5.74, 6) is 0. The van der Waals surface area contributed by atoms with Gasteiger partial charge in [-0.2, -0.15) is 13.5 Å². The zero-order valence-electron chi connectivity index (χ0n) is 9.11. The van der Waals surface area contributed by atoms with Gasteiger partial charge in [0.1, 0.15) is 5.15 Å². The van der Waals surface area contributed by atoms with E-state index >= 15 is 0 Å². The fraction of sp³-hybridized carbons (Fsp3) is 0.111. The van der Waals surface area contributed by atoms with Crippen molar-refractivity contribution in [3.8, 4) is 0 Å². The fourth-order valence-electron chi connectivity index (χ4n) is 1.30. The molecule has 2 aromatic rings. The number of H-pyrrole nitrogens is 1. The van der Waals surface area contributed by atoms with E-state index in [4.69, 9.17) is 23.2 Å². The third-order valence-electron chi connectivity index (χ3n) is 2.14. The Morgan fingerprint density at radius 2 is 2.11 bits per heavy atom. The third kappa shape index (κ3) is 2.58. The molecule has 0 aliphatic carbocycles. The lowest BCUT2D eigenvalue weighted by atomic mass is 10.3. The van der Waals surface area contributed by atoms with Gasteiger partial charge in [-0.1, -0.05) is 23.2 Å². The molecule has 2 heterocycles. The summed E-state index contributed by atoms with van der Waals surface area (Å²) < 4.78 is 26.2. The zero-order valence-corrected chi connectivity index (χ0v) is 11.4. The molecule has 0 aliphatic heterocycles. The van der Waals surface area contributed by atoms with E-state index in [0.717, 1.165) is 0 Å². The summed E-state index contributed by atoms with van der Waals surface area (Å²) in [6, 6.07) is 2.84. The van der Waals surface area contributed by atoms with Gasteiger partial charge in [-0.15, -0.1) is 0 Å². The van der Waals surface area contributed by atoms with Crippen LogP contribution in [0.4, 0.5) is 5.69 Å². The molecule has 2 rings (SSSR count). The van der Waals surface area contributed by atoms with Gasteiger partial charge in [0.2, 0.25) is 0 Å². The predicted octanol–water partition coefficient (Wildman–Crippen LogP) is 2.22. The molecule has 0 saturated heterocycles. The number of sulfonamides is 1. The summed E-state index contributed by atoms with van der Waals surface area (Å²) >= 11 is 11.6. The van der Waals surface area contributed by atoms with E-state index in [0.29, 0.717) is 5.56 Å². The molecule has 0 unspecified atom stereocenters. The minimum absolute atomic E-state index is 0.0110. The van der Waals surface area contributed by atoms with E-state index in [2.05, 4.69) is 19.9 Å². The van der Waals surface area contributed by atoms with Crippen LogP contribution < -0.4 is 4.72 Å². The molecule has 0 aromatic carbocycles. The number of pyridine rings is 1. The van der Waals surface area contributed by atoms with Crippen LogP contribution in [0, 0.1) is 6.92 Å². The molecule has 96 valence electrons. The van der Waals surface area contributed by atoms with E-state index in [-0.39, 0.29) is 21.0 Å². The second-order valence-corrected chi connectivity index (χ2v) is 5.85. The average Bonchev–Trinajstić information content (AvgIpc) is 2.77. The highest BCUT2D eigenvalue weighted by Gasteiger charge is 2.19. The molecule has 9 heteroatoms. The van der Waals surface area contributed by atoms with Gasteiger partial charge >= 0.3 is 0 Å². The fourth-order valence-corrected chi connectivity index (χ4v) is 2.98. The van der Waals surface area contributed by atoms with Crippen LogP contribution in [0.25, 0.3) is 0 Å². The molecule has 2 N–H and O–H groups in total.